The van der Waals surface area contributed by atoms with Crippen molar-refractivity contribution in [2.24, 2.45) is 0 Å². The molecule has 37 heavy (non-hydrogen) atoms. The lowest BCUT2D eigenvalue weighted by Gasteiger charge is -2.15. The molecular weight excluding hydrogens is 520 g/mol. The van der Waals surface area contributed by atoms with Gasteiger partial charge in [-0.2, -0.15) is 26.3 Å². The van der Waals surface area contributed by atoms with Gasteiger partial charge in [0, 0.05) is 30.1 Å². The zero-order valence-corrected chi connectivity index (χ0v) is 19.3. The van der Waals surface area contributed by atoms with E-state index in [4.69, 9.17) is 11.6 Å². The number of pyridine rings is 1. The number of carbonyl (C=O) groups excluding carboxylic acids is 1. The van der Waals surface area contributed by atoms with Gasteiger partial charge in [-0.15, -0.1) is 0 Å². The number of nitrogens with zero attached hydrogens (tertiary/aromatic N) is 3. The molecule has 0 fully saturated rings. The van der Waals surface area contributed by atoms with Crippen molar-refractivity contribution in [2.45, 2.75) is 18.9 Å². The van der Waals surface area contributed by atoms with Crippen molar-refractivity contribution in [1.29, 1.82) is 0 Å². The molecule has 0 amide bonds. The van der Waals surface area contributed by atoms with E-state index in [9.17, 15) is 31.1 Å². The molecule has 0 unspecified atom stereocenters. The predicted molar refractivity (Wildman–Crippen MR) is 124 cm³/mol. The highest BCUT2D eigenvalue weighted by Gasteiger charge is 2.37. The molecule has 0 bridgehead atoms. The zero-order chi connectivity index (χ0) is 26.8. The first-order chi connectivity index (χ1) is 17.4. The fraction of sp³-hybridized carbons (Fsp3) is 0.115. The SMILES string of the molecule is O=C(C#Cc1ncn(Cc2cc(C(F)(F)F)cc(C(F)(F)F)c2)c1-c1cccnc1)c1ccccc1Cl. The Morgan fingerprint density at radius 2 is 1.62 bits per heavy atom. The van der Waals surface area contributed by atoms with Gasteiger partial charge in [-0.05, 0) is 59.9 Å². The van der Waals surface area contributed by atoms with Gasteiger partial charge in [-0.3, -0.25) is 9.78 Å². The lowest BCUT2D eigenvalue weighted by atomic mass is 10.0. The van der Waals surface area contributed by atoms with Gasteiger partial charge in [0.05, 0.1) is 28.2 Å². The van der Waals surface area contributed by atoms with Gasteiger partial charge in [-0.1, -0.05) is 23.7 Å². The summed E-state index contributed by atoms with van der Waals surface area (Å²) in [4.78, 5) is 20.7. The molecule has 0 saturated heterocycles. The van der Waals surface area contributed by atoms with Crippen LogP contribution in [0.25, 0.3) is 11.3 Å². The lowest BCUT2D eigenvalue weighted by Crippen LogP contribution is -2.13. The number of rotatable bonds is 4. The maximum atomic E-state index is 13.3. The van der Waals surface area contributed by atoms with Gasteiger partial charge in [0.25, 0.3) is 0 Å². The number of alkyl halides is 6. The highest BCUT2D eigenvalue weighted by Crippen LogP contribution is 2.37. The van der Waals surface area contributed by atoms with Crippen molar-refractivity contribution < 1.29 is 31.1 Å². The summed E-state index contributed by atoms with van der Waals surface area (Å²) in [5.41, 5.74) is -2.15. The minimum absolute atomic E-state index is 0.0661. The van der Waals surface area contributed by atoms with Crippen molar-refractivity contribution >= 4 is 17.4 Å². The Kier molecular flexibility index (Phi) is 7.09. The van der Waals surface area contributed by atoms with Gasteiger partial charge in [-0.25, -0.2) is 4.98 Å². The van der Waals surface area contributed by atoms with E-state index >= 15 is 0 Å². The molecule has 0 N–H and O–H groups in total. The highest BCUT2D eigenvalue weighted by atomic mass is 35.5. The van der Waals surface area contributed by atoms with Crippen molar-refractivity contribution in [3.8, 4) is 23.1 Å². The highest BCUT2D eigenvalue weighted by molar-refractivity contribution is 6.35. The Bertz CT molecular complexity index is 1480. The number of benzene rings is 2. The van der Waals surface area contributed by atoms with Crippen LogP contribution in [-0.2, 0) is 18.9 Å². The topological polar surface area (TPSA) is 47.8 Å². The van der Waals surface area contributed by atoms with E-state index < -0.39 is 29.3 Å². The third kappa shape index (κ3) is 6.01. The summed E-state index contributed by atoms with van der Waals surface area (Å²) in [7, 11) is 0. The minimum atomic E-state index is -4.98. The maximum absolute atomic E-state index is 13.3. The van der Waals surface area contributed by atoms with Crippen LogP contribution < -0.4 is 0 Å². The van der Waals surface area contributed by atoms with Gasteiger partial charge in [0.2, 0.25) is 5.78 Å². The van der Waals surface area contributed by atoms with Gasteiger partial charge in [0.15, 0.2) is 0 Å². The van der Waals surface area contributed by atoms with Gasteiger partial charge < -0.3 is 4.57 Å². The number of hydrogen-bond donors (Lipinski definition) is 0. The smallest absolute Gasteiger partial charge is 0.325 e. The van der Waals surface area contributed by atoms with E-state index in [2.05, 4.69) is 21.8 Å². The Balaban J connectivity index is 1.79. The first kappa shape index (κ1) is 26.0. The van der Waals surface area contributed by atoms with Gasteiger partial charge >= 0.3 is 12.4 Å². The summed E-state index contributed by atoms with van der Waals surface area (Å²) in [6.45, 7) is -0.385. The number of aromatic nitrogens is 3. The van der Waals surface area contributed by atoms with E-state index in [-0.39, 0.29) is 40.1 Å². The summed E-state index contributed by atoms with van der Waals surface area (Å²) in [5, 5.41) is 0.199. The number of hydrogen-bond acceptors (Lipinski definition) is 3. The van der Waals surface area contributed by atoms with Crippen LogP contribution in [0.1, 0.15) is 32.7 Å². The molecule has 0 aliphatic carbocycles. The second kappa shape index (κ2) is 10.1. The first-order valence-corrected chi connectivity index (χ1v) is 10.9. The largest absolute Gasteiger partial charge is 0.416 e. The van der Waals surface area contributed by atoms with Crippen LogP contribution in [0.2, 0.25) is 5.02 Å². The average molecular weight is 534 g/mol. The summed E-state index contributed by atoms with van der Waals surface area (Å²) in [5.74, 6) is 4.48. The second-order valence-corrected chi connectivity index (χ2v) is 8.19. The Morgan fingerprint density at radius 3 is 2.22 bits per heavy atom. The molecule has 0 spiro atoms. The van der Waals surface area contributed by atoms with E-state index in [1.165, 1.54) is 35.4 Å². The number of Topliss-reactive ketones (excluding diaryl/α,β-unsaturated/α-hetero) is 1. The van der Waals surface area contributed by atoms with E-state index in [0.717, 1.165) is 0 Å². The van der Waals surface area contributed by atoms with Crippen molar-refractivity contribution in [2.75, 3.05) is 0 Å². The predicted octanol–water partition coefficient (Wildman–Crippen LogP) is 6.92. The van der Waals surface area contributed by atoms with Gasteiger partial charge in [0.1, 0.15) is 5.69 Å². The van der Waals surface area contributed by atoms with Crippen LogP contribution in [0.3, 0.4) is 0 Å². The lowest BCUT2D eigenvalue weighted by molar-refractivity contribution is -0.143. The zero-order valence-electron chi connectivity index (χ0n) is 18.5. The molecule has 0 atom stereocenters. The summed E-state index contributed by atoms with van der Waals surface area (Å²) >= 11 is 6.04. The minimum Gasteiger partial charge on any atom is -0.325 e. The Labute approximate surface area is 211 Å². The second-order valence-electron chi connectivity index (χ2n) is 7.78. The fourth-order valence-electron chi connectivity index (χ4n) is 3.54. The molecule has 188 valence electrons. The van der Waals surface area contributed by atoms with Crippen molar-refractivity contribution in [3.63, 3.8) is 0 Å². The normalized spacial score (nSPS) is 11.6. The fourth-order valence-corrected chi connectivity index (χ4v) is 3.76. The van der Waals surface area contributed by atoms with Crippen LogP contribution in [0.4, 0.5) is 26.3 Å². The number of carbonyl (C=O) groups is 1. The third-order valence-corrected chi connectivity index (χ3v) is 5.52. The molecule has 4 aromatic rings. The molecule has 0 saturated carbocycles. The number of ketones is 1. The van der Waals surface area contributed by atoms with Crippen molar-refractivity contribution in [3.05, 3.63) is 106 Å². The molecule has 4 rings (SSSR count). The molecule has 2 aromatic heterocycles. The monoisotopic (exact) mass is 533 g/mol. The summed E-state index contributed by atoms with van der Waals surface area (Å²) in [6, 6.07) is 10.8. The molecule has 0 aliphatic rings. The summed E-state index contributed by atoms with van der Waals surface area (Å²) < 4.78 is 81.2. The molecule has 4 nitrogen and oxygen atoms in total. The third-order valence-electron chi connectivity index (χ3n) is 5.19. The quantitative estimate of drug-likeness (QED) is 0.163. The molecule has 2 heterocycles. The van der Waals surface area contributed by atoms with E-state index in [1.54, 1.807) is 24.3 Å². The van der Waals surface area contributed by atoms with Crippen LogP contribution in [-0.4, -0.2) is 20.3 Å². The number of halogens is 7. The van der Waals surface area contributed by atoms with Crippen LogP contribution in [0, 0.1) is 11.8 Å². The van der Waals surface area contributed by atoms with Crippen LogP contribution in [0.5, 0.6) is 0 Å². The Hall–Kier alpha value is -4.10. The standard InChI is InChI=1S/C26H14ClF6N3O/c27-21-6-2-1-5-20(21)23(37)8-7-22-24(17-4-3-9-34-13-17)36(15-35-22)14-16-10-18(25(28,29)30)12-19(11-16)26(31,32)33/h1-6,9-13,15H,14H2. The van der Waals surface area contributed by atoms with E-state index in [1.807, 2.05) is 0 Å². The maximum Gasteiger partial charge on any atom is 0.416 e. The van der Waals surface area contributed by atoms with Crippen LogP contribution in [0.15, 0.2) is 73.3 Å². The molecule has 0 aliphatic heterocycles. The van der Waals surface area contributed by atoms with Crippen LogP contribution >= 0.6 is 11.6 Å². The average Bonchev–Trinajstić information content (AvgIpc) is 3.24. The molecule has 11 heteroatoms. The molecular formula is C26H14ClF6N3O. The molecule has 0 radical (unpaired) electrons. The first-order valence-electron chi connectivity index (χ1n) is 10.5. The van der Waals surface area contributed by atoms with E-state index in [0.29, 0.717) is 17.7 Å². The molecule has 2 aromatic carbocycles. The summed E-state index contributed by atoms with van der Waals surface area (Å²) in [6.07, 6.45) is -5.82. The number of imidazole rings is 1. The Morgan fingerprint density at radius 1 is 0.946 bits per heavy atom. The van der Waals surface area contributed by atoms with Crippen molar-refractivity contribution in [1.82, 2.24) is 14.5 Å².